The van der Waals surface area contributed by atoms with Crippen LogP contribution >= 0.6 is 0 Å². The Morgan fingerprint density at radius 1 is 1.06 bits per heavy atom. The molecule has 3 rings (SSSR count). The lowest BCUT2D eigenvalue weighted by atomic mass is 10.1. The van der Waals surface area contributed by atoms with Crippen LogP contribution in [-0.2, 0) is 6.54 Å². The summed E-state index contributed by atoms with van der Waals surface area (Å²) in [7, 11) is 0. The van der Waals surface area contributed by atoms with Gasteiger partial charge in [0.2, 0.25) is 0 Å². The molecule has 1 N–H and O–H groups in total. The van der Waals surface area contributed by atoms with E-state index in [0.717, 1.165) is 36.9 Å². The normalized spacial score (nSPS) is 12.0. The molecule has 33 heavy (non-hydrogen) atoms. The molecule has 1 unspecified atom stereocenters. The molecule has 176 valence electrons. The number of rotatable bonds is 10. The maximum atomic E-state index is 13.5. The second-order valence-electron chi connectivity index (χ2n) is 8.51. The molecule has 1 atom stereocenters. The van der Waals surface area contributed by atoms with Gasteiger partial charge in [-0.1, -0.05) is 57.4 Å². The summed E-state index contributed by atoms with van der Waals surface area (Å²) in [6, 6.07) is 14.8. The molecule has 6 nitrogen and oxygen atoms in total. The predicted octanol–water partition coefficient (Wildman–Crippen LogP) is 6.29. The number of hydrogen-bond acceptors (Lipinski definition) is 3. The van der Waals surface area contributed by atoms with E-state index < -0.39 is 0 Å². The molecular formula is C27H36N4O2. The lowest BCUT2D eigenvalue weighted by Gasteiger charge is -2.32. The number of hydrogen-bond donors (Lipinski definition) is 1. The molecule has 0 spiro atoms. The Morgan fingerprint density at radius 2 is 1.85 bits per heavy atom. The Morgan fingerprint density at radius 3 is 2.55 bits per heavy atom. The Bertz CT molecular complexity index is 1140. The van der Waals surface area contributed by atoms with Gasteiger partial charge < -0.3 is 10.2 Å². The smallest absolute Gasteiger partial charge is 0.314 e. The number of benzene rings is 2. The number of amides is 2. The lowest BCUT2D eigenvalue weighted by molar-refractivity contribution is 0.178. The van der Waals surface area contributed by atoms with Gasteiger partial charge in [-0.25, -0.2) is 9.78 Å². The van der Waals surface area contributed by atoms with Crippen LogP contribution in [0.3, 0.4) is 0 Å². The Balaban J connectivity index is 2.01. The number of aryl methyl sites for hydroxylation is 1. The Kier molecular flexibility index (Phi) is 8.64. The first kappa shape index (κ1) is 24.5. The van der Waals surface area contributed by atoms with E-state index in [0.29, 0.717) is 36.2 Å². The van der Waals surface area contributed by atoms with Gasteiger partial charge in [0.25, 0.3) is 5.56 Å². The average Bonchev–Trinajstić information content (AvgIpc) is 2.81. The highest BCUT2D eigenvalue weighted by atomic mass is 16.2. The van der Waals surface area contributed by atoms with Crippen LogP contribution in [-0.4, -0.2) is 27.0 Å². The molecule has 1 aromatic heterocycles. The van der Waals surface area contributed by atoms with Crippen molar-refractivity contribution in [3.63, 3.8) is 0 Å². The van der Waals surface area contributed by atoms with Crippen molar-refractivity contribution in [3.8, 4) is 0 Å². The second kappa shape index (κ2) is 11.6. The fraction of sp³-hybridized carbons (Fsp3) is 0.444. The van der Waals surface area contributed by atoms with Crippen molar-refractivity contribution in [3.05, 3.63) is 70.3 Å². The van der Waals surface area contributed by atoms with E-state index in [1.54, 1.807) is 4.57 Å². The van der Waals surface area contributed by atoms with Crippen molar-refractivity contribution in [2.24, 2.45) is 0 Å². The number of para-hydroxylation sites is 1. The van der Waals surface area contributed by atoms with Crippen molar-refractivity contribution >= 4 is 22.6 Å². The summed E-state index contributed by atoms with van der Waals surface area (Å²) in [5.41, 5.74) is 2.48. The van der Waals surface area contributed by atoms with E-state index in [2.05, 4.69) is 12.2 Å². The number of nitrogens with one attached hydrogen (secondary N) is 1. The summed E-state index contributed by atoms with van der Waals surface area (Å²) >= 11 is 0. The molecule has 2 amide bonds. The highest BCUT2D eigenvalue weighted by molar-refractivity contribution is 5.89. The molecule has 0 fully saturated rings. The molecule has 0 aliphatic rings. The second-order valence-corrected chi connectivity index (χ2v) is 8.51. The quantitative estimate of drug-likeness (QED) is 0.371. The molecule has 3 aromatic rings. The minimum Gasteiger partial charge on any atom is -0.314 e. The van der Waals surface area contributed by atoms with Crippen molar-refractivity contribution in [2.45, 2.75) is 72.4 Å². The first-order chi connectivity index (χ1) is 16.0. The topological polar surface area (TPSA) is 67.2 Å². The van der Waals surface area contributed by atoms with Crippen molar-refractivity contribution in [2.75, 3.05) is 11.9 Å². The number of fused-ring (bicyclic) bond motifs is 1. The molecule has 2 aromatic carbocycles. The van der Waals surface area contributed by atoms with Gasteiger partial charge in [0.15, 0.2) is 0 Å². The number of anilines is 1. The maximum absolute atomic E-state index is 13.5. The minimum atomic E-state index is -0.298. The number of urea groups is 1. The highest BCUT2D eigenvalue weighted by Gasteiger charge is 2.28. The van der Waals surface area contributed by atoms with Crippen molar-refractivity contribution < 1.29 is 4.79 Å². The maximum Gasteiger partial charge on any atom is 0.322 e. The third-order valence-corrected chi connectivity index (χ3v) is 6.05. The number of aromatic nitrogens is 2. The van der Waals surface area contributed by atoms with Crippen LogP contribution < -0.4 is 10.9 Å². The summed E-state index contributed by atoms with van der Waals surface area (Å²) in [6.07, 6.45) is 4.91. The van der Waals surface area contributed by atoms with Gasteiger partial charge in [0, 0.05) is 18.8 Å². The summed E-state index contributed by atoms with van der Waals surface area (Å²) in [6.45, 7) is 9.30. The molecule has 6 heteroatoms. The zero-order chi connectivity index (χ0) is 23.8. The predicted molar refractivity (Wildman–Crippen MR) is 136 cm³/mol. The molecule has 0 saturated heterocycles. The SMILES string of the molecule is CCCCCCN(C(=O)Nc1cccc(C)c1)C(CC)c1nc2ccccc2c(=O)n1CC. The van der Waals surface area contributed by atoms with Crippen molar-refractivity contribution in [1.82, 2.24) is 14.5 Å². The van der Waals surface area contributed by atoms with Gasteiger partial charge in [-0.2, -0.15) is 0 Å². The first-order valence-electron chi connectivity index (χ1n) is 12.1. The summed E-state index contributed by atoms with van der Waals surface area (Å²) in [5.74, 6) is 0.651. The highest BCUT2D eigenvalue weighted by Crippen LogP contribution is 2.26. The third kappa shape index (κ3) is 5.81. The van der Waals surface area contributed by atoms with E-state index in [4.69, 9.17) is 4.98 Å². The Hall–Kier alpha value is -3.15. The van der Waals surface area contributed by atoms with Crippen LogP contribution in [0.15, 0.2) is 53.3 Å². The van der Waals surface area contributed by atoms with E-state index in [-0.39, 0.29) is 17.6 Å². The molecule has 0 radical (unpaired) electrons. The molecule has 0 aliphatic heterocycles. The largest absolute Gasteiger partial charge is 0.322 e. The summed E-state index contributed by atoms with van der Waals surface area (Å²) < 4.78 is 1.72. The molecular weight excluding hydrogens is 412 g/mol. The number of carbonyl (C=O) groups excluding carboxylic acids is 1. The van der Waals surface area contributed by atoms with E-state index in [9.17, 15) is 9.59 Å². The van der Waals surface area contributed by atoms with Gasteiger partial charge in [-0.3, -0.25) is 9.36 Å². The standard InChI is InChI=1S/C27H36N4O2/c1-5-8-9-12-18-31(27(33)28-21-15-13-14-20(4)19-21)24(6-2)25-29-23-17-11-10-16-22(23)26(32)30(25)7-3/h10-11,13-17,19,24H,5-9,12,18H2,1-4H3,(H,28,33). The fourth-order valence-electron chi connectivity index (χ4n) is 4.31. The van der Waals surface area contributed by atoms with Crippen LogP contribution in [0.4, 0.5) is 10.5 Å². The average molecular weight is 449 g/mol. The van der Waals surface area contributed by atoms with Gasteiger partial charge in [-0.05, 0) is 56.5 Å². The number of nitrogens with zero attached hydrogens (tertiary/aromatic N) is 3. The zero-order valence-electron chi connectivity index (χ0n) is 20.3. The van der Waals surface area contributed by atoms with Crippen LogP contribution in [0, 0.1) is 6.92 Å². The van der Waals surface area contributed by atoms with E-state index >= 15 is 0 Å². The van der Waals surface area contributed by atoms with Gasteiger partial charge >= 0.3 is 6.03 Å². The third-order valence-electron chi connectivity index (χ3n) is 6.05. The summed E-state index contributed by atoms with van der Waals surface area (Å²) in [4.78, 5) is 33.5. The van der Waals surface area contributed by atoms with E-state index in [1.165, 1.54) is 0 Å². The van der Waals surface area contributed by atoms with E-state index in [1.807, 2.05) is 74.2 Å². The molecule has 0 saturated carbocycles. The minimum absolute atomic E-state index is 0.0541. The molecule has 0 bridgehead atoms. The van der Waals surface area contributed by atoms with Gasteiger partial charge in [0.05, 0.1) is 16.9 Å². The van der Waals surface area contributed by atoms with Gasteiger partial charge in [-0.15, -0.1) is 0 Å². The van der Waals surface area contributed by atoms with Crippen molar-refractivity contribution in [1.29, 1.82) is 0 Å². The van der Waals surface area contributed by atoms with Crippen LogP contribution in [0.25, 0.3) is 10.9 Å². The molecule has 1 heterocycles. The van der Waals surface area contributed by atoms with Crippen LogP contribution in [0.5, 0.6) is 0 Å². The lowest BCUT2D eigenvalue weighted by Crippen LogP contribution is -2.41. The number of carbonyl (C=O) groups is 1. The zero-order valence-corrected chi connectivity index (χ0v) is 20.3. The monoisotopic (exact) mass is 448 g/mol. The summed E-state index contributed by atoms with van der Waals surface area (Å²) in [5, 5.41) is 3.68. The fourth-order valence-corrected chi connectivity index (χ4v) is 4.31. The first-order valence-corrected chi connectivity index (χ1v) is 12.1. The molecule has 0 aliphatic carbocycles. The van der Waals surface area contributed by atoms with Crippen LogP contribution in [0.2, 0.25) is 0 Å². The Labute approximate surface area is 196 Å². The van der Waals surface area contributed by atoms with Gasteiger partial charge in [0.1, 0.15) is 5.82 Å². The van der Waals surface area contributed by atoms with Crippen LogP contribution in [0.1, 0.15) is 70.3 Å². The number of unbranched alkanes of at least 4 members (excludes halogenated alkanes) is 3.